The van der Waals surface area contributed by atoms with Crippen LogP contribution in [0.2, 0.25) is 0 Å². The van der Waals surface area contributed by atoms with Gasteiger partial charge in [-0.1, -0.05) is 6.08 Å². The molecule has 1 saturated heterocycles. The Kier molecular flexibility index (Phi) is 3.52. The molecule has 0 saturated carbocycles. The van der Waals surface area contributed by atoms with Crippen LogP contribution in [-0.2, 0) is 19.1 Å². The van der Waals surface area contributed by atoms with Crippen molar-refractivity contribution in [3.8, 4) is 0 Å². The number of aliphatic carboxylic acids is 3. The molecule has 1 rings (SSSR count). The minimum atomic E-state index is -2.93. The number of epoxide rings is 1. The van der Waals surface area contributed by atoms with E-state index < -0.39 is 23.3 Å². The van der Waals surface area contributed by atoms with Crippen molar-refractivity contribution in [2.75, 3.05) is 6.61 Å². The summed E-state index contributed by atoms with van der Waals surface area (Å²) in [5.74, 6) is -5.73. The van der Waals surface area contributed by atoms with Crippen LogP contribution in [0.15, 0.2) is 11.6 Å². The highest BCUT2D eigenvalue weighted by Gasteiger charge is 2.57. The Hall–Kier alpha value is -1.89. The molecule has 1 aliphatic rings. The SMILES string of the molecule is CC=C(CC1CO1)C(C(=O)O)(C(=O)O)C(=O)O. The standard InChI is InChI=1S/C10H12O7/c1-2-5(3-6-4-17-6)10(7(11)12,8(13)14)9(15)16/h2,6H,3-4H2,1H3,(H,11,12)(H,13,14)(H,15,16). The summed E-state index contributed by atoms with van der Waals surface area (Å²) in [4.78, 5) is 33.2. The summed E-state index contributed by atoms with van der Waals surface area (Å²) in [6, 6.07) is 0. The quantitative estimate of drug-likeness (QED) is 0.340. The third-order valence-corrected chi connectivity index (χ3v) is 2.64. The van der Waals surface area contributed by atoms with Gasteiger partial charge in [-0.3, -0.25) is 0 Å². The molecule has 0 radical (unpaired) electrons. The molecule has 1 unspecified atom stereocenters. The Bertz CT molecular complexity index is 355. The number of allylic oxidation sites excluding steroid dienone is 1. The van der Waals surface area contributed by atoms with Crippen LogP contribution in [0.1, 0.15) is 13.3 Å². The minimum Gasteiger partial charge on any atom is -0.480 e. The van der Waals surface area contributed by atoms with Crippen LogP contribution < -0.4 is 0 Å². The zero-order valence-corrected chi connectivity index (χ0v) is 9.04. The van der Waals surface area contributed by atoms with E-state index in [-0.39, 0.29) is 18.1 Å². The fourth-order valence-corrected chi connectivity index (χ4v) is 1.61. The molecule has 94 valence electrons. The molecule has 3 N–H and O–H groups in total. The summed E-state index contributed by atoms with van der Waals surface area (Å²) in [5.41, 5.74) is -3.12. The molecule has 17 heavy (non-hydrogen) atoms. The van der Waals surface area contributed by atoms with Crippen LogP contribution in [0, 0.1) is 5.41 Å². The highest BCUT2D eigenvalue weighted by atomic mass is 16.6. The summed E-state index contributed by atoms with van der Waals surface area (Å²) in [6.45, 7) is 1.79. The number of hydrogen-bond donors (Lipinski definition) is 3. The maximum atomic E-state index is 11.1. The fraction of sp³-hybridized carbons (Fsp3) is 0.500. The second-order valence-corrected chi connectivity index (χ2v) is 3.64. The smallest absolute Gasteiger partial charge is 0.337 e. The second-order valence-electron chi connectivity index (χ2n) is 3.64. The summed E-state index contributed by atoms with van der Waals surface area (Å²) in [6.07, 6.45) is 0.901. The molecular weight excluding hydrogens is 232 g/mol. The molecule has 0 bridgehead atoms. The predicted molar refractivity (Wildman–Crippen MR) is 53.5 cm³/mol. The van der Waals surface area contributed by atoms with Crippen molar-refractivity contribution in [2.24, 2.45) is 5.41 Å². The highest BCUT2D eigenvalue weighted by Crippen LogP contribution is 2.35. The van der Waals surface area contributed by atoms with Gasteiger partial charge in [0.15, 0.2) is 0 Å². The van der Waals surface area contributed by atoms with Gasteiger partial charge in [0, 0.05) is 0 Å². The molecule has 0 aliphatic carbocycles. The molecule has 0 spiro atoms. The van der Waals surface area contributed by atoms with Gasteiger partial charge >= 0.3 is 17.9 Å². The molecular formula is C10H12O7. The molecule has 7 heteroatoms. The molecule has 0 amide bonds. The third-order valence-electron chi connectivity index (χ3n) is 2.64. The first kappa shape index (κ1) is 13.2. The van der Waals surface area contributed by atoms with Gasteiger partial charge in [0.25, 0.3) is 5.41 Å². The predicted octanol–water partition coefficient (Wildman–Crippen LogP) is -0.0382. The van der Waals surface area contributed by atoms with E-state index in [0.717, 1.165) is 0 Å². The zero-order chi connectivity index (χ0) is 13.2. The van der Waals surface area contributed by atoms with Crippen molar-refractivity contribution in [3.63, 3.8) is 0 Å². The first-order chi connectivity index (χ1) is 7.87. The number of carboxylic acids is 3. The normalized spacial score (nSPS) is 19.8. The van der Waals surface area contributed by atoms with Crippen molar-refractivity contribution in [2.45, 2.75) is 19.4 Å². The average molecular weight is 244 g/mol. The van der Waals surface area contributed by atoms with E-state index in [9.17, 15) is 14.4 Å². The monoisotopic (exact) mass is 244 g/mol. The lowest BCUT2D eigenvalue weighted by Crippen LogP contribution is -2.48. The fourth-order valence-electron chi connectivity index (χ4n) is 1.61. The summed E-state index contributed by atoms with van der Waals surface area (Å²) in [5, 5.41) is 26.9. The van der Waals surface area contributed by atoms with Crippen molar-refractivity contribution in [1.82, 2.24) is 0 Å². The molecule has 1 atom stereocenters. The van der Waals surface area contributed by atoms with Gasteiger partial charge in [-0.15, -0.1) is 0 Å². The number of carboxylic acid groups (broad SMARTS) is 3. The Morgan fingerprint density at radius 3 is 1.88 bits per heavy atom. The second kappa shape index (κ2) is 4.54. The number of hydrogen-bond acceptors (Lipinski definition) is 4. The highest BCUT2D eigenvalue weighted by molar-refractivity contribution is 6.19. The molecule has 0 aromatic rings. The van der Waals surface area contributed by atoms with Gasteiger partial charge in [0.2, 0.25) is 0 Å². The van der Waals surface area contributed by atoms with Crippen LogP contribution in [0.3, 0.4) is 0 Å². The summed E-state index contributed by atoms with van der Waals surface area (Å²) >= 11 is 0. The van der Waals surface area contributed by atoms with E-state index in [2.05, 4.69) is 0 Å². The lowest BCUT2D eigenvalue weighted by atomic mass is 9.77. The first-order valence-corrected chi connectivity index (χ1v) is 4.84. The van der Waals surface area contributed by atoms with Crippen molar-refractivity contribution < 1.29 is 34.4 Å². The van der Waals surface area contributed by atoms with Gasteiger partial charge < -0.3 is 20.1 Å². The maximum Gasteiger partial charge on any atom is 0.337 e. The minimum absolute atomic E-state index is 0.0125. The van der Waals surface area contributed by atoms with E-state index in [4.69, 9.17) is 20.1 Å². The Balaban J connectivity index is 3.22. The average Bonchev–Trinajstić information content (AvgIpc) is 2.99. The Labute approximate surface area is 96.3 Å². The van der Waals surface area contributed by atoms with Crippen molar-refractivity contribution in [3.05, 3.63) is 11.6 Å². The molecule has 1 heterocycles. The summed E-state index contributed by atoms with van der Waals surface area (Å²) in [7, 11) is 0. The van der Waals surface area contributed by atoms with Gasteiger partial charge in [-0.05, 0) is 18.9 Å². The van der Waals surface area contributed by atoms with E-state index in [1.807, 2.05) is 0 Å². The molecule has 1 fully saturated rings. The molecule has 0 aromatic carbocycles. The lowest BCUT2D eigenvalue weighted by molar-refractivity contribution is -0.172. The molecule has 0 aromatic heterocycles. The maximum absolute atomic E-state index is 11.1. The van der Waals surface area contributed by atoms with Crippen molar-refractivity contribution in [1.29, 1.82) is 0 Å². The van der Waals surface area contributed by atoms with E-state index in [0.29, 0.717) is 6.61 Å². The van der Waals surface area contributed by atoms with E-state index in [1.165, 1.54) is 13.0 Å². The van der Waals surface area contributed by atoms with E-state index >= 15 is 0 Å². The summed E-state index contributed by atoms with van der Waals surface area (Å²) < 4.78 is 4.86. The topological polar surface area (TPSA) is 124 Å². The first-order valence-electron chi connectivity index (χ1n) is 4.84. The third kappa shape index (κ3) is 2.14. The van der Waals surface area contributed by atoms with Crippen LogP contribution in [0.25, 0.3) is 0 Å². The lowest BCUT2D eigenvalue weighted by Gasteiger charge is -2.23. The van der Waals surface area contributed by atoms with Crippen LogP contribution >= 0.6 is 0 Å². The van der Waals surface area contributed by atoms with Crippen LogP contribution in [0.5, 0.6) is 0 Å². The zero-order valence-electron chi connectivity index (χ0n) is 9.04. The largest absolute Gasteiger partial charge is 0.480 e. The number of rotatable bonds is 6. The Morgan fingerprint density at radius 1 is 1.24 bits per heavy atom. The van der Waals surface area contributed by atoms with E-state index in [1.54, 1.807) is 0 Å². The van der Waals surface area contributed by atoms with Crippen LogP contribution in [-0.4, -0.2) is 45.9 Å². The van der Waals surface area contributed by atoms with Crippen molar-refractivity contribution >= 4 is 17.9 Å². The number of carbonyl (C=O) groups is 3. The Morgan fingerprint density at radius 2 is 1.65 bits per heavy atom. The van der Waals surface area contributed by atoms with Gasteiger partial charge in [0.1, 0.15) is 0 Å². The van der Waals surface area contributed by atoms with Gasteiger partial charge in [-0.25, -0.2) is 14.4 Å². The van der Waals surface area contributed by atoms with Gasteiger partial charge in [-0.2, -0.15) is 0 Å². The van der Waals surface area contributed by atoms with Crippen LogP contribution in [0.4, 0.5) is 0 Å². The molecule has 7 nitrogen and oxygen atoms in total. The van der Waals surface area contributed by atoms with Gasteiger partial charge in [0.05, 0.1) is 12.7 Å². The number of ether oxygens (including phenoxy) is 1. The molecule has 1 aliphatic heterocycles.